The second-order valence-electron chi connectivity index (χ2n) is 5.50. The molecule has 2 rings (SSSR count). The molecule has 0 unspecified atom stereocenters. The van der Waals surface area contributed by atoms with Crippen LogP contribution in [0.1, 0.15) is 18.4 Å². The van der Waals surface area contributed by atoms with E-state index < -0.39 is 18.8 Å². The first-order chi connectivity index (χ1) is 9.95. The van der Waals surface area contributed by atoms with Gasteiger partial charge >= 0.3 is 6.18 Å². The van der Waals surface area contributed by atoms with Gasteiger partial charge in [-0.3, -0.25) is 4.90 Å². The lowest BCUT2D eigenvalue weighted by Gasteiger charge is -2.33. The maximum atomic E-state index is 12.2. The van der Waals surface area contributed by atoms with Gasteiger partial charge in [-0.05, 0) is 31.5 Å². The van der Waals surface area contributed by atoms with Crippen molar-refractivity contribution in [1.82, 2.24) is 10.2 Å². The van der Waals surface area contributed by atoms with E-state index in [1.165, 1.54) is 5.56 Å². The van der Waals surface area contributed by atoms with Crippen LogP contribution in [0, 0.1) is 0 Å². The molecule has 2 N–H and O–H groups in total. The van der Waals surface area contributed by atoms with E-state index in [9.17, 15) is 13.2 Å². The van der Waals surface area contributed by atoms with Crippen LogP contribution in [-0.2, 0) is 6.54 Å². The topological polar surface area (TPSA) is 35.5 Å². The minimum absolute atomic E-state index is 0.0500. The number of likely N-dealkylation sites (tertiary alicyclic amines) is 1. The largest absolute Gasteiger partial charge is 0.415 e. The number of rotatable bonds is 5. The Hall–Kier alpha value is -1.11. The molecular weight excluding hydrogens is 281 g/mol. The molecule has 0 amide bonds. The fourth-order valence-electron chi connectivity index (χ4n) is 2.53. The first-order valence-electron chi connectivity index (χ1n) is 7.19. The fourth-order valence-corrected chi connectivity index (χ4v) is 2.53. The standard InChI is InChI=1S/C15H21F3N2O/c16-15(17,18)14(21)10-19-13-6-8-20(9-7-13)11-12-4-2-1-3-5-12/h1-5,13-14,19,21H,6-11H2/t14-/m0/s1. The van der Waals surface area contributed by atoms with Crippen LogP contribution in [0.3, 0.4) is 0 Å². The van der Waals surface area contributed by atoms with Crippen LogP contribution in [-0.4, -0.2) is 48.0 Å². The summed E-state index contributed by atoms with van der Waals surface area (Å²) in [5.41, 5.74) is 1.25. The molecule has 1 aromatic rings. The number of hydrogen-bond acceptors (Lipinski definition) is 3. The van der Waals surface area contributed by atoms with E-state index in [4.69, 9.17) is 5.11 Å². The fraction of sp³-hybridized carbons (Fsp3) is 0.600. The first-order valence-corrected chi connectivity index (χ1v) is 7.19. The van der Waals surface area contributed by atoms with E-state index in [0.29, 0.717) is 0 Å². The number of benzene rings is 1. The van der Waals surface area contributed by atoms with E-state index in [0.717, 1.165) is 32.5 Å². The lowest BCUT2D eigenvalue weighted by Crippen LogP contribution is -2.47. The van der Waals surface area contributed by atoms with Gasteiger partial charge < -0.3 is 10.4 Å². The Bertz CT molecular complexity index is 417. The van der Waals surface area contributed by atoms with Crippen molar-refractivity contribution in [3.8, 4) is 0 Å². The van der Waals surface area contributed by atoms with Crippen LogP contribution in [0.2, 0.25) is 0 Å². The van der Waals surface area contributed by atoms with Gasteiger partial charge in [-0.2, -0.15) is 13.2 Å². The molecular formula is C15H21F3N2O. The van der Waals surface area contributed by atoms with E-state index >= 15 is 0 Å². The summed E-state index contributed by atoms with van der Waals surface area (Å²) in [5, 5.41) is 11.8. The average molecular weight is 302 g/mol. The molecule has 1 fully saturated rings. The molecule has 1 aliphatic rings. The van der Waals surface area contributed by atoms with Crippen LogP contribution in [0.25, 0.3) is 0 Å². The molecule has 0 bridgehead atoms. The lowest BCUT2D eigenvalue weighted by atomic mass is 10.0. The smallest absolute Gasteiger partial charge is 0.382 e. The van der Waals surface area contributed by atoms with Crippen molar-refractivity contribution in [3.63, 3.8) is 0 Å². The zero-order valence-electron chi connectivity index (χ0n) is 11.8. The molecule has 6 heteroatoms. The van der Waals surface area contributed by atoms with Crippen molar-refractivity contribution in [2.45, 2.75) is 37.7 Å². The number of alkyl halides is 3. The number of nitrogens with one attached hydrogen (secondary N) is 1. The quantitative estimate of drug-likeness (QED) is 0.875. The summed E-state index contributed by atoms with van der Waals surface area (Å²) in [7, 11) is 0. The molecule has 0 aromatic heterocycles. The normalized spacial score (nSPS) is 19.6. The molecule has 21 heavy (non-hydrogen) atoms. The Morgan fingerprint density at radius 3 is 2.38 bits per heavy atom. The molecule has 0 radical (unpaired) electrons. The van der Waals surface area contributed by atoms with Crippen molar-refractivity contribution in [2.75, 3.05) is 19.6 Å². The summed E-state index contributed by atoms with van der Waals surface area (Å²) in [4.78, 5) is 2.30. The summed E-state index contributed by atoms with van der Waals surface area (Å²) in [5.74, 6) is 0. The van der Waals surface area contributed by atoms with E-state index in [2.05, 4.69) is 22.3 Å². The monoisotopic (exact) mass is 302 g/mol. The van der Waals surface area contributed by atoms with Gasteiger partial charge in [0.05, 0.1) is 0 Å². The molecule has 1 aliphatic heterocycles. The third kappa shape index (κ3) is 5.30. The first kappa shape index (κ1) is 16.3. The second-order valence-corrected chi connectivity index (χ2v) is 5.50. The third-order valence-electron chi connectivity index (χ3n) is 3.81. The van der Waals surface area contributed by atoms with Crippen molar-refractivity contribution in [1.29, 1.82) is 0 Å². The SMILES string of the molecule is O[C@@H](CNC1CCN(Cc2ccccc2)CC1)C(F)(F)F. The third-order valence-corrected chi connectivity index (χ3v) is 3.81. The highest BCUT2D eigenvalue weighted by Gasteiger charge is 2.38. The zero-order valence-corrected chi connectivity index (χ0v) is 11.8. The van der Waals surface area contributed by atoms with Crippen molar-refractivity contribution in [3.05, 3.63) is 35.9 Å². The van der Waals surface area contributed by atoms with Crippen LogP contribution in [0.4, 0.5) is 13.2 Å². The van der Waals surface area contributed by atoms with E-state index in [1.807, 2.05) is 18.2 Å². The van der Waals surface area contributed by atoms with Gasteiger partial charge in [0, 0.05) is 19.1 Å². The maximum absolute atomic E-state index is 12.2. The van der Waals surface area contributed by atoms with Crippen molar-refractivity contribution < 1.29 is 18.3 Å². The summed E-state index contributed by atoms with van der Waals surface area (Å²) in [6.45, 7) is 2.16. The average Bonchev–Trinajstić information content (AvgIpc) is 2.46. The number of aliphatic hydroxyl groups excluding tert-OH is 1. The van der Waals surface area contributed by atoms with Crippen molar-refractivity contribution >= 4 is 0 Å². The highest BCUT2D eigenvalue weighted by molar-refractivity contribution is 5.14. The van der Waals surface area contributed by atoms with Crippen LogP contribution in [0.15, 0.2) is 30.3 Å². The lowest BCUT2D eigenvalue weighted by molar-refractivity contribution is -0.202. The molecule has 0 aliphatic carbocycles. The molecule has 0 spiro atoms. The van der Waals surface area contributed by atoms with Gasteiger partial charge in [-0.1, -0.05) is 30.3 Å². The predicted molar refractivity (Wildman–Crippen MR) is 74.8 cm³/mol. The number of halogens is 3. The molecule has 1 heterocycles. The van der Waals surface area contributed by atoms with Crippen LogP contribution < -0.4 is 5.32 Å². The number of aliphatic hydroxyl groups is 1. The molecule has 1 saturated heterocycles. The van der Waals surface area contributed by atoms with Gasteiger partial charge in [0.2, 0.25) is 0 Å². The Morgan fingerprint density at radius 1 is 1.19 bits per heavy atom. The Balaban J connectivity index is 1.69. The summed E-state index contributed by atoms with van der Waals surface area (Å²) in [6, 6.07) is 10.2. The second kappa shape index (κ2) is 7.24. The maximum Gasteiger partial charge on any atom is 0.415 e. The summed E-state index contributed by atoms with van der Waals surface area (Å²) < 4.78 is 36.6. The molecule has 1 aromatic carbocycles. The van der Waals surface area contributed by atoms with Gasteiger partial charge in [-0.15, -0.1) is 0 Å². The van der Waals surface area contributed by atoms with E-state index in [1.54, 1.807) is 0 Å². The summed E-state index contributed by atoms with van der Waals surface area (Å²) in [6.07, 6.45) is -5.21. The zero-order chi connectivity index (χ0) is 15.3. The highest BCUT2D eigenvalue weighted by atomic mass is 19.4. The minimum atomic E-state index is -4.54. The molecule has 1 atom stereocenters. The Morgan fingerprint density at radius 2 is 1.81 bits per heavy atom. The number of piperidine rings is 1. The number of hydrogen-bond donors (Lipinski definition) is 2. The highest BCUT2D eigenvalue weighted by Crippen LogP contribution is 2.20. The summed E-state index contributed by atoms with van der Waals surface area (Å²) >= 11 is 0. The Kier molecular flexibility index (Phi) is 5.61. The van der Waals surface area contributed by atoms with Crippen LogP contribution in [0.5, 0.6) is 0 Å². The van der Waals surface area contributed by atoms with E-state index in [-0.39, 0.29) is 6.04 Å². The molecule has 0 saturated carbocycles. The minimum Gasteiger partial charge on any atom is -0.382 e. The Labute approximate surface area is 122 Å². The van der Waals surface area contributed by atoms with Gasteiger partial charge in [0.15, 0.2) is 6.10 Å². The van der Waals surface area contributed by atoms with Crippen LogP contribution >= 0.6 is 0 Å². The predicted octanol–water partition coefficient (Wildman–Crippen LogP) is 2.16. The van der Waals surface area contributed by atoms with Gasteiger partial charge in [0.1, 0.15) is 0 Å². The van der Waals surface area contributed by atoms with Gasteiger partial charge in [-0.25, -0.2) is 0 Å². The van der Waals surface area contributed by atoms with Crippen molar-refractivity contribution in [2.24, 2.45) is 0 Å². The van der Waals surface area contributed by atoms with Gasteiger partial charge in [0.25, 0.3) is 0 Å². The number of nitrogens with zero attached hydrogens (tertiary/aromatic N) is 1. The molecule has 3 nitrogen and oxygen atoms in total. The molecule has 118 valence electrons.